The number of nitrogens with two attached hydrogens (primary N) is 1. The first-order valence-corrected chi connectivity index (χ1v) is 7.19. The number of nitrogens with zero attached hydrogens (tertiary/aromatic N) is 2. The molecule has 1 aromatic rings. The fourth-order valence-corrected chi connectivity index (χ4v) is 1.81. The van der Waals surface area contributed by atoms with E-state index in [1.807, 2.05) is 13.8 Å². The van der Waals surface area contributed by atoms with E-state index < -0.39 is 11.9 Å². The van der Waals surface area contributed by atoms with Gasteiger partial charge in [0.1, 0.15) is 17.3 Å². The molecule has 0 spiro atoms. The third-order valence-corrected chi connectivity index (χ3v) is 2.84. The van der Waals surface area contributed by atoms with Gasteiger partial charge in [0, 0.05) is 5.57 Å². The Morgan fingerprint density at radius 2 is 2.04 bits per heavy atom. The maximum absolute atomic E-state index is 11.9. The maximum Gasteiger partial charge on any atom is 0.354 e. The van der Waals surface area contributed by atoms with Crippen LogP contribution >= 0.6 is 0 Å². The highest BCUT2D eigenvalue weighted by molar-refractivity contribution is 6.11. The molecule has 0 unspecified atom stereocenters. The molecule has 0 aliphatic carbocycles. The number of amidine groups is 2. The van der Waals surface area contributed by atoms with Gasteiger partial charge in [-0.1, -0.05) is 13.8 Å². The van der Waals surface area contributed by atoms with Gasteiger partial charge in [0.15, 0.2) is 5.84 Å². The highest BCUT2D eigenvalue weighted by Gasteiger charge is 2.21. The third-order valence-electron chi connectivity index (χ3n) is 2.84. The standard InChI is InChI=1S/C13H13N5O4.C2H6/c14-10-4-9(19)7(12(15)18-10)3-11(20)17-6-1-2-8(13(21)22)16-5-6;1-2/h1-2,5,19H,3-4H2,(H,17,20)(H,21,22)(H3,14,15,18);1-2H3. The number of aromatic carboxylic acids is 1. The summed E-state index contributed by atoms with van der Waals surface area (Å²) < 4.78 is 0. The number of rotatable bonds is 4. The number of carboxylic acids is 1. The van der Waals surface area contributed by atoms with Gasteiger partial charge in [0.05, 0.1) is 24.7 Å². The minimum absolute atomic E-state index is 0.000141. The molecule has 0 atom stereocenters. The number of carbonyl (C=O) groups excluding carboxylic acids is 1. The van der Waals surface area contributed by atoms with Crippen LogP contribution < -0.4 is 11.1 Å². The van der Waals surface area contributed by atoms with E-state index in [0.717, 1.165) is 0 Å². The molecule has 0 bridgehead atoms. The van der Waals surface area contributed by atoms with Crippen LogP contribution in [0.3, 0.4) is 0 Å². The van der Waals surface area contributed by atoms with Crippen LogP contribution in [0.4, 0.5) is 5.69 Å². The number of aliphatic hydroxyl groups is 1. The Balaban J connectivity index is 0.00000139. The first-order chi connectivity index (χ1) is 11.4. The van der Waals surface area contributed by atoms with Crippen molar-refractivity contribution in [2.24, 2.45) is 10.7 Å². The molecule has 128 valence electrons. The lowest BCUT2D eigenvalue weighted by atomic mass is 10.1. The second-order valence-corrected chi connectivity index (χ2v) is 4.52. The molecule has 2 heterocycles. The average Bonchev–Trinajstić information content (AvgIpc) is 2.53. The predicted octanol–water partition coefficient (Wildman–Crippen LogP) is 1.68. The molecule has 2 rings (SSSR count). The number of carboxylic acid groups (broad SMARTS) is 1. The van der Waals surface area contributed by atoms with Crippen LogP contribution in [0.25, 0.3) is 0 Å². The molecule has 0 saturated carbocycles. The van der Waals surface area contributed by atoms with Gasteiger partial charge in [0.2, 0.25) is 5.91 Å². The monoisotopic (exact) mass is 333 g/mol. The molecule has 9 nitrogen and oxygen atoms in total. The average molecular weight is 333 g/mol. The van der Waals surface area contributed by atoms with E-state index in [4.69, 9.17) is 16.2 Å². The molecule has 0 aromatic carbocycles. The van der Waals surface area contributed by atoms with E-state index in [9.17, 15) is 14.7 Å². The summed E-state index contributed by atoms with van der Waals surface area (Å²) in [6.45, 7) is 4.00. The Morgan fingerprint density at radius 1 is 1.38 bits per heavy atom. The number of aliphatic hydroxyl groups excluding tert-OH is 1. The smallest absolute Gasteiger partial charge is 0.354 e. The number of amides is 1. The van der Waals surface area contributed by atoms with Crippen molar-refractivity contribution in [3.8, 4) is 0 Å². The van der Waals surface area contributed by atoms with E-state index in [1.54, 1.807) is 0 Å². The van der Waals surface area contributed by atoms with Gasteiger partial charge in [-0.2, -0.15) is 0 Å². The topological polar surface area (TPSA) is 162 Å². The second kappa shape index (κ2) is 8.42. The highest BCUT2D eigenvalue weighted by atomic mass is 16.4. The van der Waals surface area contributed by atoms with Crippen LogP contribution in [0.2, 0.25) is 0 Å². The van der Waals surface area contributed by atoms with Crippen molar-refractivity contribution in [3.63, 3.8) is 0 Å². The van der Waals surface area contributed by atoms with E-state index in [0.29, 0.717) is 5.69 Å². The summed E-state index contributed by atoms with van der Waals surface area (Å²) in [7, 11) is 0. The van der Waals surface area contributed by atoms with Crippen LogP contribution in [-0.4, -0.2) is 38.7 Å². The number of hydrogen-bond donors (Lipinski definition) is 5. The zero-order chi connectivity index (χ0) is 18.3. The lowest BCUT2D eigenvalue weighted by Crippen LogP contribution is -2.24. The SMILES string of the molecule is CC.N=C1N=C(N)CC(O)=C1CC(=O)Nc1ccc(C(=O)O)nc1. The number of aromatic nitrogens is 1. The summed E-state index contributed by atoms with van der Waals surface area (Å²) >= 11 is 0. The fraction of sp³-hybridized carbons (Fsp3) is 0.267. The fourth-order valence-electron chi connectivity index (χ4n) is 1.81. The van der Waals surface area contributed by atoms with Crippen LogP contribution in [0.15, 0.2) is 34.7 Å². The number of aliphatic imine (C=N–C) groups is 1. The molecule has 1 aromatic heterocycles. The summed E-state index contributed by atoms with van der Waals surface area (Å²) in [6, 6.07) is 2.65. The van der Waals surface area contributed by atoms with Gasteiger partial charge < -0.3 is 21.3 Å². The van der Waals surface area contributed by atoms with Gasteiger partial charge in [0.25, 0.3) is 0 Å². The quantitative estimate of drug-likeness (QED) is 0.563. The van der Waals surface area contributed by atoms with Crippen LogP contribution in [-0.2, 0) is 4.79 Å². The number of anilines is 1. The van der Waals surface area contributed by atoms with Crippen molar-refractivity contribution in [3.05, 3.63) is 35.4 Å². The minimum Gasteiger partial charge on any atom is -0.511 e. The Bertz CT molecular complexity index is 707. The number of hydrogen-bond acceptors (Lipinski definition) is 6. The normalized spacial score (nSPS) is 13.6. The van der Waals surface area contributed by atoms with Crippen LogP contribution in [0, 0.1) is 5.41 Å². The molecule has 24 heavy (non-hydrogen) atoms. The van der Waals surface area contributed by atoms with E-state index in [2.05, 4.69) is 15.3 Å². The Labute approximate surface area is 138 Å². The number of carbonyl (C=O) groups is 2. The molecule has 0 saturated heterocycles. The van der Waals surface area contributed by atoms with Crippen molar-refractivity contribution in [2.75, 3.05) is 5.32 Å². The van der Waals surface area contributed by atoms with Crippen LogP contribution in [0.1, 0.15) is 37.2 Å². The van der Waals surface area contributed by atoms with Crippen LogP contribution in [0.5, 0.6) is 0 Å². The zero-order valence-electron chi connectivity index (χ0n) is 13.3. The van der Waals surface area contributed by atoms with Crippen molar-refractivity contribution in [1.29, 1.82) is 5.41 Å². The molecule has 0 radical (unpaired) electrons. The van der Waals surface area contributed by atoms with E-state index >= 15 is 0 Å². The molecule has 0 fully saturated rings. The van der Waals surface area contributed by atoms with Crippen molar-refractivity contribution in [1.82, 2.24) is 4.98 Å². The molecule has 1 amide bonds. The molecule has 9 heteroatoms. The molecule has 1 aliphatic heterocycles. The van der Waals surface area contributed by atoms with E-state index in [-0.39, 0.29) is 41.5 Å². The Morgan fingerprint density at radius 3 is 2.54 bits per heavy atom. The summed E-state index contributed by atoms with van der Waals surface area (Å²) in [5.41, 5.74) is 5.69. The van der Waals surface area contributed by atoms with Gasteiger partial charge in [-0.15, -0.1) is 0 Å². The lowest BCUT2D eigenvalue weighted by Gasteiger charge is -2.14. The largest absolute Gasteiger partial charge is 0.511 e. The molecule has 6 N–H and O–H groups in total. The predicted molar refractivity (Wildman–Crippen MR) is 89.4 cm³/mol. The van der Waals surface area contributed by atoms with Gasteiger partial charge >= 0.3 is 5.97 Å². The maximum atomic E-state index is 11.9. The number of dihydropyridines is 1. The van der Waals surface area contributed by atoms with E-state index in [1.165, 1.54) is 18.3 Å². The second-order valence-electron chi connectivity index (χ2n) is 4.52. The van der Waals surface area contributed by atoms with Gasteiger partial charge in [-0.3, -0.25) is 10.2 Å². The first kappa shape index (κ1) is 18.8. The lowest BCUT2D eigenvalue weighted by molar-refractivity contribution is -0.115. The van der Waals surface area contributed by atoms with Crippen molar-refractivity contribution >= 4 is 29.2 Å². The summed E-state index contributed by atoms with van der Waals surface area (Å²) in [4.78, 5) is 29.9. The third kappa shape index (κ3) is 4.90. The first-order valence-electron chi connectivity index (χ1n) is 7.19. The van der Waals surface area contributed by atoms with Crippen molar-refractivity contribution < 1.29 is 19.8 Å². The summed E-state index contributed by atoms with van der Waals surface area (Å²) in [6.07, 6.45) is 0.958. The highest BCUT2D eigenvalue weighted by Crippen LogP contribution is 2.18. The minimum atomic E-state index is -1.17. The Kier molecular flexibility index (Phi) is 6.60. The van der Waals surface area contributed by atoms with Crippen molar-refractivity contribution in [2.45, 2.75) is 26.7 Å². The number of nitrogens with one attached hydrogen (secondary N) is 2. The summed E-state index contributed by atoms with van der Waals surface area (Å²) in [5.74, 6) is -1.96. The Hall–Kier alpha value is -3.23. The molecular formula is C15H19N5O4. The molecular weight excluding hydrogens is 314 g/mol. The van der Waals surface area contributed by atoms with Gasteiger partial charge in [-0.05, 0) is 12.1 Å². The molecule has 1 aliphatic rings. The zero-order valence-corrected chi connectivity index (χ0v) is 13.3. The van der Waals surface area contributed by atoms with Gasteiger partial charge in [-0.25, -0.2) is 14.8 Å². The number of pyridine rings is 1. The summed E-state index contributed by atoms with van der Waals surface area (Å²) in [5, 5.41) is 28.6.